The van der Waals surface area contributed by atoms with Crippen molar-refractivity contribution < 1.29 is 4.21 Å². The summed E-state index contributed by atoms with van der Waals surface area (Å²) in [7, 11) is -0.537. The van der Waals surface area contributed by atoms with Crippen molar-refractivity contribution in [1.82, 2.24) is 4.90 Å². The summed E-state index contributed by atoms with van der Waals surface area (Å²) < 4.78 is 12.4. The molecule has 0 N–H and O–H groups in total. The second-order valence-electron chi connectivity index (χ2n) is 4.52. The van der Waals surface area contributed by atoms with Gasteiger partial charge in [-0.05, 0) is 23.6 Å². The molecule has 1 saturated heterocycles. The van der Waals surface area contributed by atoms with Crippen LogP contribution in [0.4, 0.5) is 0 Å². The molecule has 0 amide bonds. The zero-order valence-corrected chi connectivity index (χ0v) is 11.4. The topological polar surface area (TPSA) is 20.3 Å². The predicted octanol–water partition coefficient (Wildman–Crippen LogP) is 1.94. The van der Waals surface area contributed by atoms with E-state index < -0.39 is 10.8 Å². The summed E-state index contributed by atoms with van der Waals surface area (Å²) in [6.07, 6.45) is 1.11. The van der Waals surface area contributed by atoms with Crippen LogP contribution < -0.4 is 0 Å². The summed E-state index contributed by atoms with van der Waals surface area (Å²) in [6.45, 7) is 2.13. The lowest BCUT2D eigenvalue weighted by Gasteiger charge is -2.39. The van der Waals surface area contributed by atoms with Crippen molar-refractivity contribution in [2.24, 2.45) is 0 Å². The van der Waals surface area contributed by atoms with Gasteiger partial charge in [0.1, 0.15) is 0 Å². The molecule has 0 aromatic heterocycles. The SMILES string of the molecule is O=S1CC(N2CCc3c(Br)cccc3C2)C1. The Hall–Kier alpha value is -0.190. The highest BCUT2D eigenvalue weighted by atomic mass is 79.9. The minimum absolute atomic E-state index is 0.537. The first-order valence-electron chi connectivity index (χ1n) is 5.59. The Kier molecular flexibility index (Phi) is 2.90. The van der Waals surface area contributed by atoms with E-state index in [-0.39, 0.29) is 0 Å². The maximum Gasteiger partial charge on any atom is 0.0400 e. The van der Waals surface area contributed by atoms with Gasteiger partial charge in [0, 0.05) is 45.9 Å². The predicted molar refractivity (Wildman–Crippen MR) is 69.9 cm³/mol. The molecule has 1 aromatic rings. The molecule has 16 heavy (non-hydrogen) atoms. The molecule has 0 unspecified atom stereocenters. The summed E-state index contributed by atoms with van der Waals surface area (Å²) >= 11 is 3.61. The van der Waals surface area contributed by atoms with E-state index in [0.29, 0.717) is 6.04 Å². The summed E-state index contributed by atoms with van der Waals surface area (Å²) in [5, 5.41) is 0. The fourth-order valence-corrected chi connectivity index (χ4v) is 4.28. The van der Waals surface area contributed by atoms with Gasteiger partial charge in [0.2, 0.25) is 0 Å². The molecule has 1 aromatic carbocycles. The van der Waals surface area contributed by atoms with E-state index in [0.717, 1.165) is 31.0 Å². The van der Waals surface area contributed by atoms with Crippen LogP contribution in [0.5, 0.6) is 0 Å². The first-order chi connectivity index (χ1) is 7.74. The minimum atomic E-state index is -0.537. The van der Waals surface area contributed by atoms with Crippen LogP contribution in [0.1, 0.15) is 11.1 Å². The molecule has 3 rings (SSSR count). The van der Waals surface area contributed by atoms with Gasteiger partial charge >= 0.3 is 0 Å². The molecule has 2 aliphatic rings. The first kappa shape index (κ1) is 10.9. The van der Waals surface area contributed by atoms with Crippen molar-refractivity contribution in [2.45, 2.75) is 19.0 Å². The van der Waals surface area contributed by atoms with E-state index >= 15 is 0 Å². The summed E-state index contributed by atoms with van der Waals surface area (Å²) in [5.41, 5.74) is 2.89. The third-order valence-electron chi connectivity index (χ3n) is 3.51. The summed E-state index contributed by atoms with van der Waals surface area (Å²) in [6, 6.07) is 6.99. The Bertz CT molecular complexity index is 441. The molecule has 0 atom stereocenters. The summed E-state index contributed by atoms with van der Waals surface area (Å²) in [4.78, 5) is 2.48. The van der Waals surface area contributed by atoms with E-state index in [9.17, 15) is 4.21 Å². The molecule has 0 spiro atoms. The Morgan fingerprint density at radius 1 is 1.38 bits per heavy atom. The fourth-order valence-electron chi connectivity index (χ4n) is 2.49. The van der Waals surface area contributed by atoms with E-state index in [1.54, 1.807) is 0 Å². The van der Waals surface area contributed by atoms with Crippen molar-refractivity contribution in [3.63, 3.8) is 0 Å². The number of benzene rings is 1. The highest BCUT2D eigenvalue weighted by molar-refractivity contribution is 9.10. The van der Waals surface area contributed by atoms with Gasteiger partial charge in [-0.3, -0.25) is 9.11 Å². The van der Waals surface area contributed by atoms with E-state index in [1.807, 2.05) is 0 Å². The monoisotopic (exact) mass is 299 g/mol. The lowest BCUT2D eigenvalue weighted by atomic mass is 9.99. The van der Waals surface area contributed by atoms with Crippen molar-refractivity contribution >= 4 is 26.7 Å². The van der Waals surface area contributed by atoms with Crippen LogP contribution in [0.15, 0.2) is 22.7 Å². The smallest absolute Gasteiger partial charge is 0.0400 e. The Balaban J connectivity index is 1.79. The zero-order valence-electron chi connectivity index (χ0n) is 8.99. The van der Waals surface area contributed by atoms with Crippen LogP contribution in [0, 0.1) is 0 Å². The third kappa shape index (κ3) is 1.87. The number of hydrogen-bond donors (Lipinski definition) is 0. The van der Waals surface area contributed by atoms with Crippen LogP contribution in [-0.4, -0.2) is 33.2 Å². The lowest BCUT2D eigenvalue weighted by molar-refractivity contribution is 0.199. The minimum Gasteiger partial charge on any atom is -0.294 e. The molecule has 0 radical (unpaired) electrons. The molecule has 0 saturated carbocycles. The quantitative estimate of drug-likeness (QED) is 0.790. The van der Waals surface area contributed by atoms with Gasteiger partial charge in [0.25, 0.3) is 0 Å². The van der Waals surface area contributed by atoms with Crippen LogP contribution in [0.25, 0.3) is 0 Å². The maximum absolute atomic E-state index is 11.1. The van der Waals surface area contributed by atoms with Crippen LogP contribution in [0.2, 0.25) is 0 Å². The van der Waals surface area contributed by atoms with Gasteiger partial charge in [0.15, 0.2) is 0 Å². The highest BCUT2D eigenvalue weighted by Crippen LogP contribution is 2.28. The molecule has 2 aliphatic heterocycles. The van der Waals surface area contributed by atoms with Gasteiger partial charge in [-0.15, -0.1) is 0 Å². The van der Waals surface area contributed by atoms with Gasteiger partial charge in [0.05, 0.1) is 0 Å². The second-order valence-corrected chi connectivity index (χ2v) is 6.93. The zero-order chi connectivity index (χ0) is 11.1. The molecule has 4 heteroatoms. The second kappa shape index (κ2) is 4.24. The van der Waals surface area contributed by atoms with Crippen LogP contribution in [-0.2, 0) is 23.8 Å². The number of fused-ring (bicyclic) bond motifs is 1. The van der Waals surface area contributed by atoms with Gasteiger partial charge in [-0.25, -0.2) is 0 Å². The normalized spacial score (nSPS) is 29.6. The molecule has 86 valence electrons. The molecule has 2 heterocycles. The Labute approximate surface area is 107 Å². The van der Waals surface area contributed by atoms with Gasteiger partial charge < -0.3 is 0 Å². The van der Waals surface area contributed by atoms with Gasteiger partial charge in [-0.2, -0.15) is 0 Å². The van der Waals surface area contributed by atoms with Crippen molar-refractivity contribution in [1.29, 1.82) is 0 Å². The number of hydrogen-bond acceptors (Lipinski definition) is 2. The Morgan fingerprint density at radius 3 is 2.94 bits per heavy atom. The summed E-state index contributed by atoms with van der Waals surface area (Å²) in [5.74, 6) is 1.76. The highest BCUT2D eigenvalue weighted by Gasteiger charge is 2.32. The van der Waals surface area contributed by atoms with E-state index in [2.05, 4.69) is 39.0 Å². The molecular formula is C12H14BrNOS. The standard InChI is InChI=1S/C12H14BrNOS/c13-12-3-1-2-9-6-14(5-4-11(9)12)10-7-16(15)8-10/h1-3,10H,4-8H2. The Morgan fingerprint density at radius 2 is 2.19 bits per heavy atom. The molecule has 0 bridgehead atoms. The fraction of sp³-hybridized carbons (Fsp3) is 0.500. The molecule has 2 nitrogen and oxygen atoms in total. The lowest BCUT2D eigenvalue weighted by Crippen LogP contribution is -2.52. The number of nitrogens with zero attached hydrogens (tertiary/aromatic N) is 1. The van der Waals surface area contributed by atoms with Crippen LogP contribution >= 0.6 is 15.9 Å². The molecule has 0 aliphatic carbocycles. The average molecular weight is 300 g/mol. The van der Waals surface area contributed by atoms with E-state index in [1.165, 1.54) is 15.6 Å². The first-order valence-corrected chi connectivity index (χ1v) is 7.87. The van der Waals surface area contributed by atoms with Crippen molar-refractivity contribution in [3.05, 3.63) is 33.8 Å². The number of halogens is 1. The van der Waals surface area contributed by atoms with Crippen LogP contribution in [0.3, 0.4) is 0 Å². The molecular weight excluding hydrogens is 286 g/mol. The molecule has 1 fully saturated rings. The largest absolute Gasteiger partial charge is 0.294 e. The number of rotatable bonds is 1. The van der Waals surface area contributed by atoms with E-state index in [4.69, 9.17) is 0 Å². The third-order valence-corrected chi connectivity index (χ3v) is 5.77. The average Bonchev–Trinajstić information content (AvgIpc) is 2.25. The van der Waals surface area contributed by atoms with Gasteiger partial charge in [-0.1, -0.05) is 28.1 Å². The van der Waals surface area contributed by atoms with Crippen molar-refractivity contribution in [3.8, 4) is 0 Å². The maximum atomic E-state index is 11.1. The van der Waals surface area contributed by atoms with Crippen molar-refractivity contribution in [2.75, 3.05) is 18.1 Å².